The summed E-state index contributed by atoms with van der Waals surface area (Å²) in [6, 6.07) is 4.05. The van der Waals surface area contributed by atoms with E-state index in [2.05, 4.69) is 58.7 Å². The highest BCUT2D eigenvalue weighted by Crippen LogP contribution is 2.35. The molecule has 94 valence electrons. The molecule has 2 N–H and O–H groups in total. The van der Waals surface area contributed by atoms with E-state index in [1.807, 2.05) is 6.07 Å². The smallest absolute Gasteiger partial charge is 0.0452 e. The summed E-state index contributed by atoms with van der Waals surface area (Å²) >= 11 is 6.16. The predicted octanol–water partition coefficient (Wildman–Crippen LogP) is 4.62. The van der Waals surface area contributed by atoms with Crippen molar-refractivity contribution >= 4 is 35.0 Å². The monoisotopic (exact) mass is 267 g/mol. The van der Waals surface area contributed by atoms with Gasteiger partial charge in [-0.25, -0.2) is 0 Å². The Balaban J connectivity index is 3.31. The second kappa shape index (κ2) is 5.40. The first-order valence-corrected chi connectivity index (χ1v) is 7.28. The van der Waals surface area contributed by atoms with Crippen LogP contribution in [0, 0.1) is 12.3 Å². The number of hydrogen-bond acceptors (Lipinski definition) is 3. The number of thiol groups is 1. The standard InChI is InChI=1S/C14H21NS2/c1-9-6-11(15)12(16)7-10(9)13(17-5)8-14(2,3)4/h6-8,16H,15H2,1-5H3/b13-8+. The van der Waals surface area contributed by atoms with Gasteiger partial charge in [-0.2, -0.15) is 0 Å². The normalized spacial score (nSPS) is 12.9. The highest BCUT2D eigenvalue weighted by atomic mass is 32.2. The Labute approximate surface area is 114 Å². The minimum atomic E-state index is 0.170. The van der Waals surface area contributed by atoms with Crippen molar-refractivity contribution in [1.29, 1.82) is 0 Å². The minimum Gasteiger partial charge on any atom is -0.398 e. The Morgan fingerprint density at radius 3 is 2.41 bits per heavy atom. The van der Waals surface area contributed by atoms with Crippen LogP contribution < -0.4 is 5.73 Å². The lowest BCUT2D eigenvalue weighted by molar-refractivity contribution is 0.546. The zero-order chi connectivity index (χ0) is 13.2. The molecule has 1 nitrogen and oxygen atoms in total. The summed E-state index contributed by atoms with van der Waals surface area (Å²) in [5, 5.41) is 0. The number of benzene rings is 1. The van der Waals surface area contributed by atoms with E-state index < -0.39 is 0 Å². The Hall–Kier alpha value is -0.540. The second-order valence-corrected chi connectivity index (χ2v) is 6.63. The second-order valence-electron chi connectivity index (χ2n) is 5.30. The van der Waals surface area contributed by atoms with Crippen molar-refractivity contribution in [3.63, 3.8) is 0 Å². The van der Waals surface area contributed by atoms with Crippen LogP contribution >= 0.6 is 24.4 Å². The maximum absolute atomic E-state index is 5.86. The molecule has 0 spiro atoms. The molecule has 0 radical (unpaired) electrons. The Morgan fingerprint density at radius 1 is 1.35 bits per heavy atom. The maximum Gasteiger partial charge on any atom is 0.0452 e. The average molecular weight is 267 g/mol. The quantitative estimate of drug-likeness (QED) is 0.604. The Morgan fingerprint density at radius 2 is 1.94 bits per heavy atom. The molecule has 0 aromatic heterocycles. The molecule has 3 heteroatoms. The van der Waals surface area contributed by atoms with E-state index in [9.17, 15) is 0 Å². The van der Waals surface area contributed by atoms with Crippen molar-refractivity contribution < 1.29 is 0 Å². The highest BCUT2D eigenvalue weighted by molar-refractivity contribution is 8.07. The van der Waals surface area contributed by atoms with Gasteiger partial charge in [0, 0.05) is 15.5 Å². The fourth-order valence-electron chi connectivity index (χ4n) is 1.62. The van der Waals surface area contributed by atoms with Crippen LogP contribution in [0.15, 0.2) is 23.1 Å². The molecule has 0 aliphatic rings. The van der Waals surface area contributed by atoms with Crippen molar-refractivity contribution in [2.75, 3.05) is 12.0 Å². The predicted molar refractivity (Wildman–Crippen MR) is 83.8 cm³/mol. The van der Waals surface area contributed by atoms with E-state index in [0.29, 0.717) is 0 Å². The van der Waals surface area contributed by atoms with Crippen molar-refractivity contribution in [3.8, 4) is 0 Å². The van der Waals surface area contributed by atoms with E-state index >= 15 is 0 Å². The van der Waals surface area contributed by atoms with Gasteiger partial charge in [-0.15, -0.1) is 24.4 Å². The van der Waals surface area contributed by atoms with E-state index in [-0.39, 0.29) is 5.41 Å². The SMILES string of the molecule is CS/C(=C/C(C)(C)C)c1cc(S)c(N)cc1C. The van der Waals surface area contributed by atoms with E-state index in [4.69, 9.17) is 5.73 Å². The molecular formula is C14H21NS2. The molecule has 0 unspecified atom stereocenters. The maximum atomic E-state index is 5.86. The molecule has 0 amide bonds. The molecule has 17 heavy (non-hydrogen) atoms. The van der Waals surface area contributed by atoms with E-state index in [1.54, 1.807) is 11.8 Å². The van der Waals surface area contributed by atoms with Crippen LogP contribution in [0.2, 0.25) is 0 Å². The van der Waals surface area contributed by atoms with Crippen molar-refractivity contribution in [1.82, 2.24) is 0 Å². The first-order chi connectivity index (χ1) is 7.74. The van der Waals surface area contributed by atoms with Gasteiger partial charge in [-0.3, -0.25) is 0 Å². The van der Waals surface area contributed by atoms with Crippen molar-refractivity contribution in [2.45, 2.75) is 32.6 Å². The zero-order valence-corrected chi connectivity index (χ0v) is 12.9. The van der Waals surface area contributed by atoms with Crippen LogP contribution in [0.1, 0.15) is 31.9 Å². The molecule has 0 bridgehead atoms. The lowest BCUT2D eigenvalue weighted by Crippen LogP contribution is -2.01. The highest BCUT2D eigenvalue weighted by Gasteiger charge is 2.12. The van der Waals surface area contributed by atoms with Crippen LogP contribution in [0.5, 0.6) is 0 Å². The van der Waals surface area contributed by atoms with Crippen LogP contribution in [-0.4, -0.2) is 6.26 Å². The summed E-state index contributed by atoms with van der Waals surface area (Å²) in [4.78, 5) is 2.13. The third-order valence-corrected chi connectivity index (χ3v) is 3.59. The fraction of sp³-hybridized carbons (Fsp3) is 0.429. The van der Waals surface area contributed by atoms with Crippen LogP contribution in [0.3, 0.4) is 0 Å². The molecule has 0 fully saturated rings. The van der Waals surface area contributed by atoms with Crippen molar-refractivity contribution in [2.24, 2.45) is 5.41 Å². The summed E-state index contributed by atoms with van der Waals surface area (Å²) in [7, 11) is 0. The van der Waals surface area contributed by atoms with Gasteiger partial charge < -0.3 is 5.73 Å². The van der Waals surface area contributed by atoms with Gasteiger partial charge in [0.25, 0.3) is 0 Å². The lowest BCUT2D eigenvalue weighted by Gasteiger charge is -2.17. The summed E-state index contributed by atoms with van der Waals surface area (Å²) in [5.41, 5.74) is 9.19. The number of nitrogen functional groups attached to an aromatic ring is 1. The summed E-state index contributed by atoms with van der Waals surface area (Å²) in [6.07, 6.45) is 4.40. The number of hydrogen-bond donors (Lipinski definition) is 2. The van der Waals surface area contributed by atoms with Gasteiger partial charge in [-0.1, -0.05) is 26.8 Å². The molecule has 1 rings (SSSR count). The largest absolute Gasteiger partial charge is 0.398 e. The molecule has 1 aromatic carbocycles. The number of anilines is 1. The van der Waals surface area contributed by atoms with Crippen molar-refractivity contribution in [3.05, 3.63) is 29.3 Å². The lowest BCUT2D eigenvalue weighted by atomic mass is 9.94. The number of rotatable bonds is 2. The zero-order valence-electron chi connectivity index (χ0n) is 11.2. The molecular weight excluding hydrogens is 246 g/mol. The molecule has 0 saturated heterocycles. The van der Waals surface area contributed by atoms with E-state index in [1.165, 1.54) is 16.0 Å². The first kappa shape index (κ1) is 14.5. The first-order valence-electron chi connectivity index (χ1n) is 5.61. The van der Waals surface area contributed by atoms with Crippen LogP contribution in [-0.2, 0) is 0 Å². The van der Waals surface area contributed by atoms with Gasteiger partial charge in [0.15, 0.2) is 0 Å². The molecule has 0 aliphatic carbocycles. The Kier molecular flexibility index (Phi) is 4.62. The Bertz CT molecular complexity index is 442. The van der Waals surface area contributed by atoms with Gasteiger partial charge in [0.05, 0.1) is 0 Å². The summed E-state index contributed by atoms with van der Waals surface area (Å²) in [5.74, 6) is 0. The van der Waals surface area contributed by atoms with Gasteiger partial charge >= 0.3 is 0 Å². The number of aryl methyl sites for hydroxylation is 1. The van der Waals surface area contributed by atoms with Gasteiger partial charge in [0.1, 0.15) is 0 Å². The fourth-order valence-corrected chi connectivity index (χ4v) is 2.73. The number of thioether (sulfide) groups is 1. The van der Waals surface area contributed by atoms with Crippen LogP contribution in [0.4, 0.5) is 5.69 Å². The topological polar surface area (TPSA) is 26.0 Å². The third-order valence-electron chi connectivity index (χ3n) is 2.42. The van der Waals surface area contributed by atoms with Gasteiger partial charge in [-0.05, 0) is 41.9 Å². The third kappa shape index (κ3) is 4.00. The van der Waals surface area contributed by atoms with Gasteiger partial charge in [0.2, 0.25) is 0 Å². The molecule has 0 heterocycles. The molecule has 1 aromatic rings. The number of allylic oxidation sites excluding steroid dienone is 1. The summed E-state index contributed by atoms with van der Waals surface area (Å²) in [6.45, 7) is 8.71. The summed E-state index contributed by atoms with van der Waals surface area (Å²) < 4.78 is 0. The number of nitrogens with two attached hydrogens (primary N) is 1. The molecule has 0 aliphatic heterocycles. The average Bonchev–Trinajstić information content (AvgIpc) is 2.19. The van der Waals surface area contributed by atoms with E-state index in [0.717, 1.165) is 10.6 Å². The molecule has 0 saturated carbocycles. The minimum absolute atomic E-state index is 0.170. The van der Waals surface area contributed by atoms with Crippen LogP contribution in [0.25, 0.3) is 4.91 Å². The molecule has 0 atom stereocenters.